The Morgan fingerprint density at radius 3 is 2.93 bits per heavy atom. The van der Waals surface area contributed by atoms with E-state index in [1.807, 2.05) is 31.2 Å². The first-order valence-corrected chi connectivity index (χ1v) is 5.33. The number of aryl methyl sites for hydroxylation is 1. The first kappa shape index (κ1) is 10.4. The Kier molecular flexibility index (Phi) is 2.88. The average molecular weight is 268 g/mol. The van der Waals surface area contributed by atoms with Gasteiger partial charge in [-0.15, -0.1) is 0 Å². The summed E-state index contributed by atoms with van der Waals surface area (Å²) in [5, 5.41) is 13.1. The summed E-state index contributed by atoms with van der Waals surface area (Å²) in [6.45, 7) is 1.76. The smallest absolute Gasteiger partial charge is 0.172 e. The van der Waals surface area contributed by atoms with Gasteiger partial charge in [0.15, 0.2) is 5.76 Å². The van der Waals surface area contributed by atoms with Crippen molar-refractivity contribution in [2.75, 3.05) is 0 Å². The minimum Gasteiger partial charge on any atom is -0.391 e. The molecule has 2 aromatic rings. The zero-order chi connectivity index (χ0) is 10.8. The molecule has 4 heteroatoms. The van der Waals surface area contributed by atoms with Gasteiger partial charge in [-0.1, -0.05) is 33.2 Å². The van der Waals surface area contributed by atoms with Gasteiger partial charge in [0.05, 0.1) is 12.3 Å². The molecule has 2 rings (SSSR count). The standard InChI is InChI=1S/C11H10BrNO2/c1-7-10(6-14)11(15-13-7)8-3-2-4-9(12)5-8/h2-5,14H,6H2,1H3. The van der Waals surface area contributed by atoms with E-state index < -0.39 is 0 Å². The van der Waals surface area contributed by atoms with E-state index in [0.717, 1.165) is 21.3 Å². The number of aromatic nitrogens is 1. The van der Waals surface area contributed by atoms with Crippen LogP contribution in [-0.2, 0) is 6.61 Å². The van der Waals surface area contributed by atoms with Gasteiger partial charge in [-0.05, 0) is 19.1 Å². The van der Waals surface area contributed by atoms with Crippen molar-refractivity contribution >= 4 is 15.9 Å². The maximum Gasteiger partial charge on any atom is 0.172 e. The molecule has 3 nitrogen and oxygen atoms in total. The number of aliphatic hydroxyl groups is 1. The topological polar surface area (TPSA) is 46.3 Å². The van der Waals surface area contributed by atoms with E-state index in [2.05, 4.69) is 21.1 Å². The van der Waals surface area contributed by atoms with Crippen LogP contribution in [0.2, 0.25) is 0 Å². The van der Waals surface area contributed by atoms with E-state index in [9.17, 15) is 5.11 Å². The van der Waals surface area contributed by atoms with Crippen molar-refractivity contribution in [3.8, 4) is 11.3 Å². The third-order valence-electron chi connectivity index (χ3n) is 2.23. The second-order valence-electron chi connectivity index (χ2n) is 3.24. The van der Waals surface area contributed by atoms with Crippen LogP contribution < -0.4 is 0 Å². The highest BCUT2D eigenvalue weighted by Gasteiger charge is 2.13. The molecule has 15 heavy (non-hydrogen) atoms. The fourth-order valence-corrected chi connectivity index (χ4v) is 1.83. The van der Waals surface area contributed by atoms with Gasteiger partial charge in [0.2, 0.25) is 0 Å². The Labute approximate surface area is 95.8 Å². The summed E-state index contributed by atoms with van der Waals surface area (Å²) in [6.07, 6.45) is 0. The van der Waals surface area contributed by atoms with Gasteiger partial charge < -0.3 is 9.63 Å². The van der Waals surface area contributed by atoms with Crippen molar-refractivity contribution in [2.24, 2.45) is 0 Å². The van der Waals surface area contributed by atoms with Crippen molar-refractivity contribution in [3.63, 3.8) is 0 Å². The molecule has 0 aliphatic rings. The molecule has 0 atom stereocenters. The van der Waals surface area contributed by atoms with E-state index in [-0.39, 0.29) is 6.61 Å². The van der Waals surface area contributed by atoms with E-state index in [1.54, 1.807) is 0 Å². The molecular weight excluding hydrogens is 258 g/mol. The van der Waals surface area contributed by atoms with Crippen molar-refractivity contribution in [3.05, 3.63) is 40.0 Å². The van der Waals surface area contributed by atoms with Crippen LogP contribution in [0.4, 0.5) is 0 Å². The third kappa shape index (κ3) is 1.96. The van der Waals surface area contributed by atoms with E-state index in [4.69, 9.17) is 4.52 Å². The SMILES string of the molecule is Cc1noc(-c2cccc(Br)c2)c1CO. The highest BCUT2D eigenvalue weighted by Crippen LogP contribution is 2.27. The van der Waals surface area contributed by atoms with Gasteiger partial charge in [-0.3, -0.25) is 0 Å². The van der Waals surface area contributed by atoms with E-state index in [1.165, 1.54) is 0 Å². The lowest BCUT2D eigenvalue weighted by atomic mass is 10.1. The summed E-state index contributed by atoms with van der Waals surface area (Å²) in [5.74, 6) is 0.635. The fourth-order valence-electron chi connectivity index (χ4n) is 1.43. The van der Waals surface area contributed by atoms with Gasteiger partial charge in [0, 0.05) is 15.6 Å². The van der Waals surface area contributed by atoms with Crippen LogP contribution in [0.3, 0.4) is 0 Å². The average Bonchev–Trinajstić information content (AvgIpc) is 2.59. The summed E-state index contributed by atoms with van der Waals surface area (Å²) >= 11 is 3.39. The highest BCUT2D eigenvalue weighted by atomic mass is 79.9. The second kappa shape index (κ2) is 4.16. The minimum absolute atomic E-state index is 0.0584. The molecule has 0 saturated carbocycles. The van der Waals surface area contributed by atoms with E-state index in [0.29, 0.717) is 5.76 Å². The first-order chi connectivity index (χ1) is 7.22. The summed E-state index contributed by atoms with van der Waals surface area (Å²) < 4.78 is 6.17. The van der Waals surface area contributed by atoms with Crippen molar-refractivity contribution in [1.82, 2.24) is 5.16 Å². The predicted octanol–water partition coefficient (Wildman–Crippen LogP) is 2.90. The van der Waals surface area contributed by atoms with Crippen LogP contribution >= 0.6 is 15.9 Å². The third-order valence-corrected chi connectivity index (χ3v) is 2.72. The molecule has 0 bridgehead atoms. The molecule has 1 heterocycles. The van der Waals surface area contributed by atoms with Crippen LogP contribution in [0.15, 0.2) is 33.3 Å². The molecule has 0 radical (unpaired) electrons. The number of nitrogens with zero attached hydrogens (tertiary/aromatic N) is 1. The van der Waals surface area contributed by atoms with Gasteiger partial charge in [0.25, 0.3) is 0 Å². The monoisotopic (exact) mass is 267 g/mol. The van der Waals surface area contributed by atoms with Crippen molar-refractivity contribution < 1.29 is 9.63 Å². The number of benzene rings is 1. The molecule has 0 unspecified atom stereocenters. The van der Waals surface area contributed by atoms with Crippen LogP contribution in [0.25, 0.3) is 11.3 Å². The Bertz CT molecular complexity index is 479. The van der Waals surface area contributed by atoms with Crippen molar-refractivity contribution in [1.29, 1.82) is 0 Å². The molecule has 78 valence electrons. The maximum absolute atomic E-state index is 9.21. The quantitative estimate of drug-likeness (QED) is 0.910. The van der Waals surface area contributed by atoms with Crippen molar-refractivity contribution in [2.45, 2.75) is 13.5 Å². The Hall–Kier alpha value is -1.13. The van der Waals surface area contributed by atoms with E-state index >= 15 is 0 Å². The Balaban J connectivity index is 2.54. The molecule has 1 N–H and O–H groups in total. The lowest BCUT2D eigenvalue weighted by Crippen LogP contribution is -1.87. The number of aliphatic hydroxyl groups excluding tert-OH is 1. The summed E-state index contributed by atoms with van der Waals surface area (Å²) in [6, 6.07) is 7.70. The molecular formula is C11H10BrNO2. The van der Waals surface area contributed by atoms with Crippen LogP contribution in [0, 0.1) is 6.92 Å². The minimum atomic E-state index is -0.0584. The summed E-state index contributed by atoms with van der Waals surface area (Å²) in [4.78, 5) is 0. The lowest BCUT2D eigenvalue weighted by Gasteiger charge is -1.99. The van der Waals surface area contributed by atoms with Crippen LogP contribution in [-0.4, -0.2) is 10.3 Å². The van der Waals surface area contributed by atoms with Gasteiger partial charge in [-0.25, -0.2) is 0 Å². The molecule has 0 saturated heterocycles. The number of hydrogen-bond acceptors (Lipinski definition) is 3. The molecule has 1 aromatic carbocycles. The molecule has 0 amide bonds. The molecule has 1 aromatic heterocycles. The predicted molar refractivity (Wildman–Crippen MR) is 60.3 cm³/mol. The zero-order valence-corrected chi connectivity index (χ0v) is 9.78. The number of hydrogen-bond donors (Lipinski definition) is 1. The van der Waals surface area contributed by atoms with Crippen LogP contribution in [0.5, 0.6) is 0 Å². The number of halogens is 1. The largest absolute Gasteiger partial charge is 0.391 e. The summed E-state index contributed by atoms with van der Waals surface area (Å²) in [7, 11) is 0. The number of rotatable bonds is 2. The molecule has 0 spiro atoms. The maximum atomic E-state index is 9.21. The molecule has 0 fully saturated rings. The Morgan fingerprint density at radius 2 is 2.27 bits per heavy atom. The fraction of sp³-hybridized carbons (Fsp3) is 0.182. The molecule has 0 aliphatic carbocycles. The lowest BCUT2D eigenvalue weighted by molar-refractivity contribution is 0.281. The van der Waals surface area contributed by atoms with Gasteiger partial charge in [0.1, 0.15) is 0 Å². The Morgan fingerprint density at radius 1 is 1.47 bits per heavy atom. The van der Waals surface area contributed by atoms with Gasteiger partial charge in [-0.2, -0.15) is 0 Å². The normalized spacial score (nSPS) is 10.6. The van der Waals surface area contributed by atoms with Crippen LogP contribution in [0.1, 0.15) is 11.3 Å². The molecule has 0 aliphatic heterocycles. The zero-order valence-electron chi connectivity index (χ0n) is 8.20. The summed E-state index contributed by atoms with van der Waals surface area (Å²) in [5.41, 5.74) is 2.38. The first-order valence-electron chi connectivity index (χ1n) is 4.54. The highest BCUT2D eigenvalue weighted by molar-refractivity contribution is 9.10. The van der Waals surface area contributed by atoms with Gasteiger partial charge >= 0.3 is 0 Å². The second-order valence-corrected chi connectivity index (χ2v) is 4.16.